The number of anilines is 1. The predicted octanol–water partition coefficient (Wildman–Crippen LogP) is 1.21. The molecule has 1 amide bonds. The van der Waals surface area contributed by atoms with Gasteiger partial charge in [-0.15, -0.1) is 0 Å². The van der Waals surface area contributed by atoms with Gasteiger partial charge in [-0.3, -0.25) is 19.9 Å². The van der Waals surface area contributed by atoms with Crippen molar-refractivity contribution in [2.45, 2.75) is 6.92 Å². The number of nitro groups is 1. The van der Waals surface area contributed by atoms with E-state index >= 15 is 0 Å². The van der Waals surface area contributed by atoms with Crippen LogP contribution in [0.15, 0.2) is 30.6 Å². The lowest BCUT2D eigenvalue weighted by Gasteiger charge is -2.35. The Labute approximate surface area is 116 Å². The average molecular weight is 276 g/mol. The van der Waals surface area contributed by atoms with Crippen LogP contribution in [-0.2, 0) is 4.79 Å². The molecule has 0 bridgehead atoms. The third kappa shape index (κ3) is 2.93. The van der Waals surface area contributed by atoms with E-state index in [1.807, 2.05) is 4.90 Å². The summed E-state index contributed by atoms with van der Waals surface area (Å²) in [5, 5.41) is 11.0. The van der Waals surface area contributed by atoms with Gasteiger partial charge >= 0.3 is 5.69 Å². The Morgan fingerprint density at radius 1 is 1.40 bits per heavy atom. The number of hydrogen-bond donors (Lipinski definition) is 0. The quantitative estimate of drug-likeness (QED) is 0.471. The molecule has 1 saturated heterocycles. The van der Waals surface area contributed by atoms with E-state index in [1.54, 1.807) is 30.2 Å². The minimum absolute atomic E-state index is 0.000676. The number of amides is 1. The summed E-state index contributed by atoms with van der Waals surface area (Å²) in [5.74, 6) is -0.0172. The van der Waals surface area contributed by atoms with E-state index < -0.39 is 4.92 Å². The molecule has 2 rings (SSSR count). The number of carbonyl (C=O) groups excluding carboxylic acids is 1. The van der Waals surface area contributed by atoms with Crippen LogP contribution in [0.1, 0.15) is 6.92 Å². The van der Waals surface area contributed by atoms with Crippen molar-refractivity contribution in [3.8, 4) is 0 Å². The first-order valence-electron chi connectivity index (χ1n) is 6.38. The molecule has 1 aliphatic rings. The highest BCUT2D eigenvalue weighted by Gasteiger charge is 2.24. The van der Waals surface area contributed by atoms with Crippen molar-refractivity contribution in [3.05, 3.63) is 40.7 Å². The number of piperazine rings is 1. The van der Waals surface area contributed by atoms with Gasteiger partial charge in [-0.2, -0.15) is 0 Å². The zero-order chi connectivity index (χ0) is 14.5. The molecule has 1 aromatic heterocycles. The van der Waals surface area contributed by atoms with E-state index in [4.69, 9.17) is 0 Å². The van der Waals surface area contributed by atoms with Crippen molar-refractivity contribution in [1.82, 2.24) is 9.88 Å². The molecule has 2 heterocycles. The van der Waals surface area contributed by atoms with E-state index in [0.29, 0.717) is 31.9 Å². The molecule has 20 heavy (non-hydrogen) atoms. The van der Waals surface area contributed by atoms with Crippen LogP contribution in [0.5, 0.6) is 0 Å². The summed E-state index contributed by atoms with van der Waals surface area (Å²) in [7, 11) is 0. The number of nitrogens with zero attached hydrogens (tertiary/aromatic N) is 4. The van der Waals surface area contributed by atoms with Gasteiger partial charge in [-0.25, -0.2) is 0 Å². The van der Waals surface area contributed by atoms with Crippen LogP contribution in [0.4, 0.5) is 11.4 Å². The van der Waals surface area contributed by atoms with Crippen molar-refractivity contribution >= 4 is 17.3 Å². The minimum atomic E-state index is -0.431. The maximum atomic E-state index is 11.7. The Bertz CT molecular complexity index is 536. The van der Waals surface area contributed by atoms with Gasteiger partial charge in [0.2, 0.25) is 5.91 Å². The first-order chi connectivity index (χ1) is 9.63. The predicted molar refractivity (Wildman–Crippen MR) is 74.5 cm³/mol. The van der Waals surface area contributed by atoms with Gasteiger partial charge in [-0.05, 0) is 19.1 Å². The Balaban J connectivity index is 2.08. The molecule has 7 nitrogen and oxygen atoms in total. The fourth-order valence-electron chi connectivity index (χ4n) is 2.20. The van der Waals surface area contributed by atoms with E-state index in [1.165, 1.54) is 12.3 Å². The molecule has 7 heteroatoms. The highest BCUT2D eigenvalue weighted by atomic mass is 16.6. The number of allylic oxidation sites excluding steroid dienone is 1. The highest BCUT2D eigenvalue weighted by Crippen LogP contribution is 2.27. The normalized spacial score (nSPS) is 15.7. The summed E-state index contributed by atoms with van der Waals surface area (Å²) in [6.07, 6.45) is 6.04. The van der Waals surface area contributed by atoms with Gasteiger partial charge in [0.25, 0.3) is 0 Å². The maximum absolute atomic E-state index is 11.7. The Kier molecular flexibility index (Phi) is 4.29. The van der Waals surface area contributed by atoms with E-state index in [9.17, 15) is 14.9 Å². The Morgan fingerprint density at radius 2 is 2.10 bits per heavy atom. The summed E-state index contributed by atoms with van der Waals surface area (Å²) < 4.78 is 0. The Hall–Kier alpha value is -2.44. The van der Waals surface area contributed by atoms with Gasteiger partial charge in [0.15, 0.2) is 0 Å². The average Bonchev–Trinajstić information content (AvgIpc) is 2.47. The second kappa shape index (κ2) is 6.14. The number of hydrogen-bond acceptors (Lipinski definition) is 5. The van der Waals surface area contributed by atoms with Gasteiger partial charge in [0.05, 0.1) is 4.92 Å². The van der Waals surface area contributed by atoms with Crippen LogP contribution >= 0.6 is 0 Å². The van der Waals surface area contributed by atoms with Crippen LogP contribution in [-0.4, -0.2) is 46.9 Å². The third-order valence-electron chi connectivity index (χ3n) is 3.22. The van der Waals surface area contributed by atoms with E-state index in [2.05, 4.69) is 4.98 Å². The fraction of sp³-hybridized carbons (Fsp3) is 0.385. The van der Waals surface area contributed by atoms with Crippen LogP contribution in [0.3, 0.4) is 0 Å². The zero-order valence-corrected chi connectivity index (χ0v) is 11.2. The van der Waals surface area contributed by atoms with E-state index in [-0.39, 0.29) is 11.6 Å². The standard InChI is InChI=1S/C13H16N4O3/c1-2-3-13(18)16-8-6-15(7-9-16)11-4-5-14-10-12(11)17(19)20/h2-5,10H,6-9H2,1H3/b3-2+. The molecular formula is C13H16N4O3. The number of aromatic nitrogens is 1. The lowest BCUT2D eigenvalue weighted by molar-refractivity contribution is -0.384. The van der Waals surface area contributed by atoms with Crippen molar-refractivity contribution in [2.24, 2.45) is 0 Å². The summed E-state index contributed by atoms with van der Waals surface area (Å²) >= 11 is 0. The van der Waals surface area contributed by atoms with Gasteiger partial charge in [0, 0.05) is 32.4 Å². The van der Waals surface area contributed by atoms with Crippen molar-refractivity contribution < 1.29 is 9.72 Å². The molecule has 1 aliphatic heterocycles. The topological polar surface area (TPSA) is 79.6 Å². The smallest absolute Gasteiger partial charge is 0.310 e. The number of rotatable bonds is 3. The molecule has 1 aromatic rings. The van der Waals surface area contributed by atoms with Gasteiger partial charge in [-0.1, -0.05) is 6.08 Å². The Morgan fingerprint density at radius 3 is 2.70 bits per heavy atom. The fourth-order valence-corrected chi connectivity index (χ4v) is 2.20. The van der Waals surface area contributed by atoms with Crippen molar-refractivity contribution in [3.63, 3.8) is 0 Å². The zero-order valence-electron chi connectivity index (χ0n) is 11.2. The first kappa shape index (κ1) is 14.0. The second-order valence-electron chi connectivity index (χ2n) is 4.43. The third-order valence-corrected chi connectivity index (χ3v) is 3.22. The van der Waals surface area contributed by atoms with Crippen molar-refractivity contribution in [1.29, 1.82) is 0 Å². The van der Waals surface area contributed by atoms with Crippen LogP contribution in [0.25, 0.3) is 0 Å². The molecule has 1 fully saturated rings. The lowest BCUT2D eigenvalue weighted by atomic mass is 10.2. The molecule has 0 aliphatic carbocycles. The SMILES string of the molecule is C/C=C/C(=O)N1CCN(c2ccncc2[N+](=O)[O-])CC1. The summed E-state index contributed by atoms with van der Waals surface area (Å²) in [6.45, 7) is 4.07. The summed E-state index contributed by atoms with van der Waals surface area (Å²) in [5.41, 5.74) is 0.559. The highest BCUT2D eigenvalue weighted by molar-refractivity contribution is 5.87. The summed E-state index contributed by atoms with van der Waals surface area (Å²) in [6, 6.07) is 1.64. The maximum Gasteiger partial charge on any atom is 0.310 e. The van der Waals surface area contributed by atoms with Crippen LogP contribution < -0.4 is 4.90 Å². The van der Waals surface area contributed by atoms with Crippen molar-refractivity contribution in [2.75, 3.05) is 31.1 Å². The molecule has 0 atom stereocenters. The van der Waals surface area contributed by atoms with Crippen LogP contribution in [0.2, 0.25) is 0 Å². The largest absolute Gasteiger partial charge is 0.362 e. The molecule has 0 N–H and O–H groups in total. The molecular weight excluding hydrogens is 260 g/mol. The monoisotopic (exact) mass is 276 g/mol. The second-order valence-corrected chi connectivity index (χ2v) is 4.43. The lowest BCUT2D eigenvalue weighted by Crippen LogP contribution is -2.48. The molecule has 106 valence electrons. The minimum Gasteiger partial charge on any atom is -0.362 e. The summed E-state index contributed by atoms with van der Waals surface area (Å²) in [4.78, 5) is 29.7. The molecule has 0 spiro atoms. The first-order valence-corrected chi connectivity index (χ1v) is 6.38. The van der Waals surface area contributed by atoms with E-state index in [0.717, 1.165) is 0 Å². The molecule has 0 unspecified atom stereocenters. The van der Waals surface area contributed by atoms with Gasteiger partial charge < -0.3 is 9.80 Å². The van der Waals surface area contributed by atoms with Crippen LogP contribution in [0, 0.1) is 10.1 Å². The molecule has 0 aromatic carbocycles. The number of carbonyl (C=O) groups is 1. The number of pyridine rings is 1. The molecule has 0 radical (unpaired) electrons. The van der Waals surface area contributed by atoms with Gasteiger partial charge in [0.1, 0.15) is 11.9 Å². The molecule has 0 saturated carbocycles.